The number of amides is 1. The average Bonchev–Trinajstić information content (AvgIpc) is 2.75. The van der Waals surface area contributed by atoms with Crippen molar-refractivity contribution in [3.8, 4) is 0 Å². The van der Waals surface area contributed by atoms with Crippen molar-refractivity contribution in [2.75, 3.05) is 11.3 Å². The van der Waals surface area contributed by atoms with Gasteiger partial charge in [-0.2, -0.15) is 13.2 Å². The van der Waals surface area contributed by atoms with Crippen molar-refractivity contribution in [3.63, 3.8) is 0 Å². The molecule has 37 heavy (non-hydrogen) atoms. The number of nitrogens with one attached hydrogen (secondary N) is 4. The molecule has 0 spiro atoms. The summed E-state index contributed by atoms with van der Waals surface area (Å²) in [7, 11) is -4.48. The second-order valence-corrected chi connectivity index (χ2v) is 8.71. The third kappa shape index (κ3) is 9.41. The predicted molar refractivity (Wildman–Crippen MR) is 120 cm³/mol. The van der Waals surface area contributed by atoms with Crippen molar-refractivity contribution in [2.45, 2.75) is 30.3 Å². The minimum absolute atomic E-state index is 0.00455. The molecule has 0 saturated carbocycles. The lowest BCUT2D eigenvalue weighted by Crippen LogP contribution is -2.32. The van der Waals surface area contributed by atoms with E-state index in [9.17, 15) is 35.6 Å². The number of sulfonamides is 1. The zero-order valence-electron chi connectivity index (χ0n) is 18.8. The summed E-state index contributed by atoms with van der Waals surface area (Å²) in [5.74, 6) is -6.20. The molecular weight excluding hydrogens is 532 g/mol. The first kappa shape index (κ1) is 30.8. The number of carboxylic acids is 1. The number of H-pyrrole nitrogens is 1. The van der Waals surface area contributed by atoms with E-state index in [1.165, 1.54) is 25.1 Å². The largest absolute Gasteiger partial charge is 0.490 e. The number of hydrogen-bond donors (Lipinski definition) is 7. The normalized spacial score (nSPS) is 12.0. The van der Waals surface area contributed by atoms with Gasteiger partial charge in [-0.15, -0.1) is 0 Å². The smallest absolute Gasteiger partial charge is 0.475 e. The number of benzene rings is 1. The number of hydrogen-bond acceptors (Lipinski definition) is 7. The number of hydroxylamine groups is 1. The number of pyridine rings is 1. The van der Waals surface area contributed by atoms with Crippen molar-refractivity contribution in [2.24, 2.45) is 11.5 Å². The summed E-state index contributed by atoms with van der Waals surface area (Å²) in [6.45, 7) is 1.39. The van der Waals surface area contributed by atoms with Gasteiger partial charge in [0.2, 0.25) is 11.9 Å². The van der Waals surface area contributed by atoms with Crippen LogP contribution < -0.4 is 27.2 Å². The number of aliphatic carboxylic acids is 1. The second kappa shape index (κ2) is 12.7. The fraction of sp³-hybridized carbons (Fsp3) is 0.263. The van der Waals surface area contributed by atoms with E-state index in [-0.39, 0.29) is 18.6 Å². The first-order chi connectivity index (χ1) is 17.0. The molecule has 0 aliphatic carbocycles. The molecule has 2 rings (SSSR count). The van der Waals surface area contributed by atoms with Crippen LogP contribution in [0.1, 0.15) is 23.6 Å². The van der Waals surface area contributed by atoms with E-state index in [1.54, 1.807) is 0 Å². The van der Waals surface area contributed by atoms with Crippen LogP contribution in [0.4, 0.5) is 23.2 Å². The van der Waals surface area contributed by atoms with Gasteiger partial charge >= 0.3 is 12.1 Å². The van der Waals surface area contributed by atoms with Crippen molar-refractivity contribution in [1.82, 2.24) is 10.5 Å². The first-order valence-electron chi connectivity index (χ1n) is 9.79. The molecule has 0 radical (unpaired) electrons. The lowest BCUT2D eigenvalue weighted by atomic mass is 9.94. The van der Waals surface area contributed by atoms with Crippen LogP contribution in [0.15, 0.2) is 40.0 Å². The molecule has 1 aromatic carbocycles. The molecule has 0 aliphatic rings. The number of carboxylic acid groups (broad SMARTS) is 1. The summed E-state index contributed by atoms with van der Waals surface area (Å²) in [6, 6.07) is 6.02. The van der Waals surface area contributed by atoms with E-state index in [2.05, 4.69) is 15.2 Å². The lowest BCUT2D eigenvalue weighted by Gasteiger charge is -2.19. The molecule has 204 valence electrons. The van der Waals surface area contributed by atoms with Crippen molar-refractivity contribution >= 4 is 33.5 Å². The van der Waals surface area contributed by atoms with E-state index < -0.39 is 61.9 Å². The monoisotopic (exact) mass is 554 g/mol. The van der Waals surface area contributed by atoms with Gasteiger partial charge in [-0.25, -0.2) is 23.1 Å². The number of primary amides is 1. The molecule has 0 bridgehead atoms. The first-order valence-corrected chi connectivity index (χ1v) is 11.3. The Hall–Kier alpha value is -4.19. The van der Waals surface area contributed by atoms with Crippen LogP contribution >= 0.6 is 0 Å². The van der Waals surface area contributed by atoms with Crippen LogP contribution in [0.25, 0.3) is 0 Å². The Kier molecular flexibility index (Phi) is 10.6. The number of nitrogens with two attached hydrogens (primary N) is 2. The number of anilines is 1. The highest BCUT2D eigenvalue weighted by atomic mass is 32.2. The quantitative estimate of drug-likeness (QED) is 0.0756. The number of alkyl halides is 3. The van der Waals surface area contributed by atoms with E-state index in [1.807, 2.05) is 0 Å². The average molecular weight is 554 g/mol. The molecule has 18 heteroatoms. The van der Waals surface area contributed by atoms with Crippen molar-refractivity contribution < 1.29 is 45.5 Å². The molecule has 0 saturated heterocycles. The van der Waals surface area contributed by atoms with Gasteiger partial charge in [-0.05, 0) is 37.1 Å². The molecule has 13 nitrogen and oxygen atoms in total. The Labute approximate surface area is 206 Å². The molecule has 1 atom stereocenters. The zero-order valence-corrected chi connectivity index (χ0v) is 19.7. The Bertz CT molecular complexity index is 1310. The standard InChI is InChI=1S/C17H21FN6O5S.C2HF3O2/c1-9-8-11(10(15(19)25)6-7-29-23-17(20)21)14(16(26)22-9)24-30(27,28)13-5-3-2-4-12(13)18;3-2(4,5)1(6)7/h2-5,8,10,24H,6-7H2,1H3,(H2,19,25)(H,22,26)(H4,20,21,23);(H,6,7). The summed E-state index contributed by atoms with van der Waals surface area (Å²) in [4.78, 5) is 40.1. The second-order valence-electron chi connectivity index (χ2n) is 7.06. The predicted octanol–water partition coefficient (Wildman–Crippen LogP) is 0.630. The number of carbonyl (C=O) groups is 2. The van der Waals surface area contributed by atoms with Gasteiger partial charge in [-0.1, -0.05) is 12.1 Å². The number of halogens is 4. The van der Waals surface area contributed by atoms with Gasteiger partial charge in [0.15, 0.2) is 0 Å². The van der Waals surface area contributed by atoms with Gasteiger partial charge in [0.25, 0.3) is 15.6 Å². The van der Waals surface area contributed by atoms with Crippen LogP contribution in [0.5, 0.6) is 0 Å². The summed E-state index contributed by atoms with van der Waals surface area (Å²) in [5.41, 5.74) is 11.7. The number of carbonyl (C=O) groups excluding carboxylic acids is 1. The molecule has 1 unspecified atom stereocenters. The maximum Gasteiger partial charge on any atom is 0.490 e. The summed E-state index contributed by atoms with van der Waals surface area (Å²) >= 11 is 0. The topological polar surface area (TPSA) is 231 Å². The van der Waals surface area contributed by atoms with Crippen molar-refractivity contribution in [1.29, 1.82) is 5.41 Å². The van der Waals surface area contributed by atoms with Gasteiger partial charge in [0.1, 0.15) is 16.4 Å². The van der Waals surface area contributed by atoms with Crippen LogP contribution in [-0.4, -0.2) is 49.1 Å². The zero-order chi connectivity index (χ0) is 28.6. The molecule has 2 aromatic rings. The van der Waals surface area contributed by atoms with Crippen LogP contribution in [0.3, 0.4) is 0 Å². The van der Waals surface area contributed by atoms with Gasteiger partial charge in [0.05, 0.1) is 12.5 Å². The molecular formula is C19H22F4N6O7S. The highest BCUT2D eigenvalue weighted by molar-refractivity contribution is 7.92. The number of aromatic amines is 1. The van der Waals surface area contributed by atoms with E-state index in [4.69, 9.17) is 31.6 Å². The minimum atomic E-state index is -5.08. The Balaban J connectivity index is 0.000000856. The van der Waals surface area contributed by atoms with Crippen LogP contribution in [-0.2, 0) is 24.4 Å². The summed E-state index contributed by atoms with van der Waals surface area (Å²) < 4.78 is 73.1. The minimum Gasteiger partial charge on any atom is -0.475 e. The Morgan fingerprint density at radius 3 is 2.30 bits per heavy atom. The summed E-state index contributed by atoms with van der Waals surface area (Å²) in [5, 5.41) is 14.1. The van der Waals surface area contributed by atoms with Crippen molar-refractivity contribution in [3.05, 3.63) is 57.8 Å². The number of aromatic nitrogens is 1. The van der Waals surface area contributed by atoms with Crippen LogP contribution in [0.2, 0.25) is 0 Å². The number of guanidine groups is 1. The van der Waals surface area contributed by atoms with Gasteiger partial charge < -0.3 is 21.6 Å². The maximum atomic E-state index is 14.0. The van der Waals surface area contributed by atoms with E-state index in [0.29, 0.717) is 5.69 Å². The lowest BCUT2D eigenvalue weighted by molar-refractivity contribution is -0.192. The molecule has 1 amide bonds. The fourth-order valence-corrected chi connectivity index (χ4v) is 3.87. The molecule has 9 N–H and O–H groups in total. The number of aryl methyl sites for hydroxylation is 1. The highest BCUT2D eigenvalue weighted by Crippen LogP contribution is 2.27. The van der Waals surface area contributed by atoms with Gasteiger partial charge in [-0.3, -0.25) is 24.6 Å². The SMILES string of the molecule is Cc1cc(C(CCONC(=N)N)C(N)=O)c(NS(=O)(=O)c2ccccc2F)c(=O)[nH]1.O=C(O)C(F)(F)F. The fourth-order valence-electron chi connectivity index (χ4n) is 2.70. The van der Waals surface area contributed by atoms with E-state index in [0.717, 1.165) is 12.1 Å². The Morgan fingerprint density at radius 2 is 1.81 bits per heavy atom. The third-order valence-electron chi connectivity index (χ3n) is 4.21. The van der Waals surface area contributed by atoms with Gasteiger partial charge in [0, 0.05) is 5.69 Å². The Morgan fingerprint density at radius 1 is 1.24 bits per heavy atom. The summed E-state index contributed by atoms with van der Waals surface area (Å²) in [6.07, 6.45) is -5.15. The highest BCUT2D eigenvalue weighted by Gasteiger charge is 2.38. The molecule has 0 fully saturated rings. The van der Waals surface area contributed by atoms with E-state index >= 15 is 0 Å². The maximum absolute atomic E-state index is 14.0. The molecule has 1 heterocycles. The third-order valence-corrected chi connectivity index (χ3v) is 5.60. The van der Waals surface area contributed by atoms with Crippen LogP contribution in [0, 0.1) is 18.2 Å². The molecule has 0 aliphatic heterocycles. The number of rotatable bonds is 9. The molecule has 1 aromatic heterocycles.